The molecule has 0 saturated heterocycles. The minimum Gasteiger partial charge on any atom is -0.395 e. The van der Waals surface area contributed by atoms with Gasteiger partial charge in [-0.25, -0.2) is 8.42 Å². The zero-order valence-electron chi connectivity index (χ0n) is 12.6. The predicted molar refractivity (Wildman–Crippen MR) is 80.7 cm³/mol. The Morgan fingerprint density at radius 1 is 1.29 bits per heavy atom. The van der Waals surface area contributed by atoms with Crippen LogP contribution in [-0.4, -0.2) is 50.0 Å². The molecular weight excluding hydrogens is 292 g/mol. The second-order valence-corrected chi connectivity index (χ2v) is 6.46. The van der Waals surface area contributed by atoms with E-state index in [9.17, 15) is 13.2 Å². The van der Waals surface area contributed by atoms with Crippen molar-refractivity contribution in [3.05, 3.63) is 29.3 Å². The molecule has 1 aromatic rings. The van der Waals surface area contributed by atoms with Crippen LogP contribution in [0.25, 0.3) is 0 Å². The van der Waals surface area contributed by atoms with Gasteiger partial charge in [0.2, 0.25) is 10.0 Å². The molecule has 0 radical (unpaired) electrons. The summed E-state index contributed by atoms with van der Waals surface area (Å²) in [5.41, 5.74) is 0.861. The quantitative estimate of drug-likeness (QED) is 0.777. The Morgan fingerprint density at radius 3 is 2.43 bits per heavy atom. The van der Waals surface area contributed by atoms with Crippen LogP contribution < -0.4 is 5.32 Å². The minimum atomic E-state index is -3.60. The Labute approximate surface area is 125 Å². The van der Waals surface area contributed by atoms with E-state index in [1.165, 1.54) is 10.4 Å². The lowest BCUT2D eigenvalue weighted by atomic mass is 10.1. The van der Waals surface area contributed by atoms with Gasteiger partial charge in [-0.3, -0.25) is 4.79 Å². The number of aliphatic hydroxyl groups is 1. The maximum atomic E-state index is 12.6. The molecule has 0 unspecified atom stereocenters. The van der Waals surface area contributed by atoms with E-state index >= 15 is 0 Å². The number of amides is 1. The molecule has 1 aromatic carbocycles. The maximum absolute atomic E-state index is 12.6. The second kappa shape index (κ2) is 7.53. The molecule has 118 valence electrons. The number of aryl methyl sites for hydroxylation is 1. The van der Waals surface area contributed by atoms with Crippen molar-refractivity contribution in [1.29, 1.82) is 0 Å². The third-order valence-corrected chi connectivity index (χ3v) is 5.36. The van der Waals surface area contributed by atoms with E-state index in [1.807, 2.05) is 0 Å². The van der Waals surface area contributed by atoms with Crippen LogP contribution in [0.2, 0.25) is 0 Å². The Balaban J connectivity index is 3.22. The van der Waals surface area contributed by atoms with E-state index < -0.39 is 15.9 Å². The van der Waals surface area contributed by atoms with Gasteiger partial charge in [0.25, 0.3) is 5.91 Å². The number of hydrogen-bond donors (Lipinski definition) is 2. The molecule has 1 rings (SSSR count). The van der Waals surface area contributed by atoms with E-state index in [0.29, 0.717) is 18.7 Å². The van der Waals surface area contributed by atoms with Crippen molar-refractivity contribution in [3.8, 4) is 0 Å². The van der Waals surface area contributed by atoms with Crippen LogP contribution in [0.3, 0.4) is 0 Å². The Morgan fingerprint density at radius 2 is 1.90 bits per heavy atom. The summed E-state index contributed by atoms with van der Waals surface area (Å²) in [5, 5.41) is 11.2. The van der Waals surface area contributed by atoms with Crippen molar-refractivity contribution in [1.82, 2.24) is 9.62 Å². The first-order valence-corrected chi connectivity index (χ1v) is 8.32. The zero-order chi connectivity index (χ0) is 16.0. The molecule has 2 N–H and O–H groups in total. The summed E-state index contributed by atoms with van der Waals surface area (Å²) >= 11 is 0. The average Bonchev–Trinajstić information content (AvgIpc) is 2.46. The smallest absolute Gasteiger partial charge is 0.251 e. The van der Waals surface area contributed by atoms with Gasteiger partial charge in [-0.1, -0.05) is 19.9 Å². The summed E-state index contributed by atoms with van der Waals surface area (Å²) in [5.74, 6) is -0.403. The summed E-state index contributed by atoms with van der Waals surface area (Å²) in [6.45, 7) is 5.96. The molecule has 0 aromatic heterocycles. The fraction of sp³-hybridized carbons (Fsp3) is 0.500. The molecule has 0 fully saturated rings. The number of sulfonamides is 1. The van der Waals surface area contributed by atoms with Crippen LogP contribution in [0.5, 0.6) is 0 Å². The lowest BCUT2D eigenvalue weighted by molar-refractivity contribution is 0.0944. The van der Waals surface area contributed by atoms with Gasteiger partial charge in [-0.05, 0) is 24.6 Å². The topological polar surface area (TPSA) is 86.7 Å². The molecule has 1 amide bonds. The second-order valence-electron chi connectivity index (χ2n) is 4.55. The third kappa shape index (κ3) is 4.03. The fourth-order valence-electron chi connectivity index (χ4n) is 1.99. The largest absolute Gasteiger partial charge is 0.395 e. The molecule has 21 heavy (non-hydrogen) atoms. The number of carbonyl (C=O) groups is 1. The number of carbonyl (C=O) groups excluding carboxylic acids is 1. The van der Waals surface area contributed by atoms with Crippen molar-refractivity contribution in [2.24, 2.45) is 0 Å². The van der Waals surface area contributed by atoms with Gasteiger partial charge < -0.3 is 10.4 Å². The highest BCUT2D eigenvalue weighted by atomic mass is 32.2. The Kier molecular flexibility index (Phi) is 6.32. The van der Waals surface area contributed by atoms with Gasteiger partial charge in [0.1, 0.15) is 0 Å². The van der Waals surface area contributed by atoms with Gasteiger partial charge in [0.15, 0.2) is 0 Å². The lowest BCUT2D eigenvalue weighted by Gasteiger charge is -2.20. The highest BCUT2D eigenvalue weighted by molar-refractivity contribution is 7.89. The number of benzene rings is 1. The van der Waals surface area contributed by atoms with Crippen LogP contribution in [0.4, 0.5) is 0 Å². The first kappa shape index (κ1) is 17.6. The number of rotatable bonds is 7. The highest BCUT2D eigenvalue weighted by Gasteiger charge is 2.24. The molecule has 0 aliphatic carbocycles. The van der Waals surface area contributed by atoms with Crippen molar-refractivity contribution >= 4 is 15.9 Å². The lowest BCUT2D eigenvalue weighted by Crippen LogP contribution is -2.31. The van der Waals surface area contributed by atoms with E-state index in [1.54, 1.807) is 32.9 Å². The normalized spacial score (nSPS) is 11.7. The van der Waals surface area contributed by atoms with Gasteiger partial charge in [-0.2, -0.15) is 4.31 Å². The van der Waals surface area contributed by atoms with E-state index in [0.717, 1.165) is 0 Å². The van der Waals surface area contributed by atoms with E-state index in [-0.39, 0.29) is 23.6 Å². The van der Waals surface area contributed by atoms with E-state index in [4.69, 9.17) is 5.11 Å². The summed E-state index contributed by atoms with van der Waals surface area (Å²) in [6, 6.07) is 4.57. The summed E-state index contributed by atoms with van der Waals surface area (Å²) < 4.78 is 26.5. The molecule has 6 nitrogen and oxygen atoms in total. The number of nitrogens with one attached hydrogen (secondary N) is 1. The molecule has 7 heteroatoms. The van der Waals surface area contributed by atoms with Gasteiger partial charge in [0, 0.05) is 25.2 Å². The number of nitrogens with zero attached hydrogens (tertiary/aromatic N) is 1. The average molecular weight is 314 g/mol. The molecule has 0 atom stereocenters. The minimum absolute atomic E-state index is 0.130. The van der Waals surface area contributed by atoms with Crippen molar-refractivity contribution in [2.45, 2.75) is 25.7 Å². The van der Waals surface area contributed by atoms with Crippen molar-refractivity contribution < 1.29 is 18.3 Å². The third-order valence-electron chi connectivity index (χ3n) is 3.17. The van der Waals surface area contributed by atoms with Crippen LogP contribution in [0.15, 0.2) is 23.1 Å². The number of hydrogen-bond acceptors (Lipinski definition) is 4. The van der Waals surface area contributed by atoms with Gasteiger partial charge >= 0.3 is 0 Å². The standard InChI is InChI=1S/C14H22N2O4S/c1-4-16(5-2)21(19,20)13-10-12(7-6-11(13)3)14(18)15-8-9-17/h6-7,10,17H,4-5,8-9H2,1-3H3,(H,15,18). The molecule has 0 aliphatic heterocycles. The van der Waals surface area contributed by atoms with Crippen LogP contribution in [0, 0.1) is 6.92 Å². The molecule has 0 aliphatic rings. The van der Waals surface area contributed by atoms with Crippen LogP contribution in [0.1, 0.15) is 29.8 Å². The van der Waals surface area contributed by atoms with Gasteiger partial charge in [-0.15, -0.1) is 0 Å². The zero-order valence-corrected chi connectivity index (χ0v) is 13.4. The fourth-order valence-corrected chi connectivity index (χ4v) is 3.70. The molecule has 0 bridgehead atoms. The molecular formula is C14H22N2O4S. The summed E-state index contributed by atoms with van der Waals surface area (Å²) in [6.07, 6.45) is 0. The molecule has 0 heterocycles. The maximum Gasteiger partial charge on any atom is 0.251 e. The van der Waals surface area contributed by atoms with Gasteiger partial charge in [0.05, 0.1) is 11.5 Å². The SMILES string of the molecule is CCN(CC)S(=O)(=O)c1cc(C(=O)NCCO)ccc1C. The van der Waals surface area contributed by atoms with Crippen molar-refractivity contribution in [2.75, 3.05) is 26.2 Å². The highest BCUT2D eigenvalue weighted by Crippen LogP contribution is 2.21. The first-order valence-electron chi connectivity index (χ1n) is 6.88. The van der Waals surface area contributed by atoms with Crippen LogP contribution in [-0.2, 0) is 10.0 Å². The van der Waals surface area contributed by atoms with Crippen molar-refractivity contribution in [3.63, 3.8) is 0 Å². The Bertz CT molecular complexity index is 595. The van der Waals surface area contributed by atoms with E-state index in [2.05, 4.69) is 5.32 Å². The molecule has 0 spiro atoms. The first-order chi connectivity index (χ1) is 9.88. The summed E-state index contributed by atoms with van der Waals surface area (Å²) in [7, 11) is -3.60. The monoisotopic (exact) mass is 314 g/mol. The molecule has 0 saturated carbocycles. The predicted octanol–water partition coefficient (Wildman–Crippen LogP) is 0.748. The number of aliphatic hydroxyl groups excluding tert-OH is 1. The Hall–Kier alpha value is -1.44. The van der Waals surface area contributed by atoms with Crippen LogP contribution >= 0.6 is 0 Å². The summed E-state index contributed by atoms with van der Waals surface area (Å²) in [4.78, 5) is 12.0.